The van der Waals surface area contributed by atoms with Crippen molar-refractivity contribution >= 4 is 11.9 Å². The van der Waals surface area contributed by atoms with Crippen molar-refractivity contribution < 1.29 is 14.7 Å². The fourth-order valence-electron chi connectivity index (χ4n) is 1.25. The van der Waals surface area contributed by atoms with Gasteiger partial charge in [-0.15, -0.1) is 0 Å². The number of carboxylic acid groups (broad SMARTS) is 1. The molecule has 5 heteroatoms. The average Bonchev–Trinajstić information content (AvgIpc) is 2.21. The summed E-state index contributed by atoms with van der Waals surface area (Å²) in [6.45, 7) is 1.54. The minimum Gasteiger partial charge on any atom is -0.481 e. The fourth-order valence-corrected chi connectivity index (χ4v) is 1.25. The van der Waals surface area contributed by atoms with Crippen LogP contribution < -0.4 is 5.32 Å². The highest BCUT2D eigenvalue weighted by Crippen LogP contribution is 1.98. The fraction of sp³-hybridized carbons (Fsp3) is 0.818. The zero-order valence-corrected chi connectivity index (χ0v) is 10.2. The van der Waals surface area contributed by atoms with Gasteiger partial charge >= 0.3 is 5.97 Å². The van der Waals surface area contributed by atoms with Crippen molar-refractivity contribution in [3.8, 4) is 0 Å². The molecular formula is C11H22N2O3. The molecule has 5 nitrogen and oxygen atoms in total. The highest BCUT2D eigenvalue weighted by molar-refractivity contribution is 5.75. The molecule has 2 N–H and O–H groups in total. The molecule has 0 rings (SSSR count). The maximum Gasteiger partial charge on any atom is 0.303 e. The van der Waals surface area contributed by atoms with Crippen LogP contribution in [-0.4, -0.2) is 49.1 Å². The Morgan fingerprint density at radius 1 is 1.06 bits per heavy atom. The monoisotopic (exact) mass is 230 g/mol. The number of carboxylic acids is 1. The zero-order chi connectivity index (χ0) is 12.4. The molecule has 0 heterocycles. The predicted octanol–water partition coefficient (Wildman–Crippen LogP) is 0.699. The number of hydrogen-bond acceptors (Lipinski definition) is 3. The molecule has 0 aromatic rings. The van der Waals surface area contributed by atoms with Crippen LogP contribution in [0.25, 0.3) is 0 Å². The number of amides is 1. The van der Waals surface area contributed by atoms with Crippen LogP contribution in [0.2, 0.25) is 0 Å². The lowest BCUT2D eigenvalue weighted by atomic mass is 10.2. The highest BCUT2D eigenvalue weighted by Gasteiger charge is 2.02. The van der Waals surface area contributed by atoms with Gasteiger partial charge in [0.1, 0.15) is 0 Å². The third-order valence-corrected chi connectivity index (χ3v) is 2.26. The topological polar surface area (TPSA) is 69.6 Å². The Morgan fingerprint density at radius 3 is 2.31 bits per heavy atom. The number of hydrogen-bond donors (Lipinski definition) is 2. The molecule has 0 aromatic carbocycles. The molecule has 94 valence electrons. The van der Waals surface area contributed by atoms with Gasteiger partial charge in [-0.05, 0) is 19.4 Å². The first kappa shape index (κ1) is 14.9. The van der Waals surface area contributed by atoms with E-state index in [2.05, 4.69) is 5.32 Å². The standard InChI is InChI=1S/C11H22N2O3/c1-13(2)10(14)7-9-12-8-5-3-4-6-11(15)16/h12H,3-9H2,1-2H3,(H,15,16). The van der Waals surface area contributed by atoms with Crippen LogP contribution in [0.3, 0.4) is 0 Å². The molecule has 1 amide bonds. The van der Waals surface area contributed by atoms with E-state index in [1.807, 2.05) is 0 Å². The maximum atomic E-state index is 11.2. The Bertz CT molecular complexity index is 217. The number of aliphatic carboxylic acids is 1. The van der Waals surface area contributed by atoms with Crippen molar-refractivity contribution in [3.63, 3.8) is 0 Å². The Labute approximate surface area is 96.8 Å². The molecule has 0 fully saturated rings. The summed E-state index contributed by atoms with van der Waals surface area (Å²) in [5.41, 5.74) is 0. The molecule has 0 aliphatic heterocycles. The first-order valence-corrected chi connectivity index (χ1v) is 5.66. The van der Waals surface area contributed by atoms with Crippen molar-refractivity contribution in [1.82, 2.24) is 10.2 Å². The molecular weight excluding hydrogens is 208 g/mol. The van der Waals surface area contributed by atoms with Gasteiger partial charge in [-0.25, -0.2) is 0 Å². The highest BCUT2D eigenvalue weighted by atomic mass is 16.4. The molecule has 0 aromatic heterocycles. The lowest BCUT2D eigenvalue weighted by Gasteiger charge is -2.10. The Morgan fingerprint density at radius 2 is 1.75 bits per heavy atom. The second-order valence-electron chi connectivity index (χ2n) is 3.99. The van der Waals surface area contributed by atoms with Gasteiger partial charge in [0.2, 0.25) is 5.91 Å². The molecule has 0 saturated carbocycles. The van der Waals surface area contributed by atoms with Gasteiger partial charge in [0.05, 0.1) is 0 Å². The van der Waals surface area contributed by atoms with E-state index in [0.29, 0.717) is 13.0 Å². The molecule has 0 aliphatic rings. The van der Waals surface area contributed by atoms with E-state index in [-0.39, 0.29) is 12.3 Å². The van der Waals surface area contributed by atoms with Gasteiger partial charge in [-0.2, -0.15) is 0 Å². The number of nitrogens with zero attached hydrogens (tertiary/aromatic N) is 1. The SMILES string of the molecule is CN(C)C(=O)CCNCCCCCC(=O)O. The average molecular weight is 230 g/mol. The first-order chi connectivity index (χ1) is 7.54. The zero-order valence-electron chi connectivity index (χ0n) is 10.2. The van der Waals surface area contributed by atoms with E-state index in [0.717, 1.165) is 25.8 Å². The quantitative estimate of drug-likeness (QED) is 0.572. The third-order valence-electron chi connectivity index (χ3n) is 2.26. The largest absolute Gasteiger partial charge is 0.481 e. The van der Waals surface area contributed by atoms with Gasteiger partial charge in [-0.1, -0.05) is 6.42 Å². The van der Waals surface area contributed by atoms with E-state index in [9.17, 15) is 9.59 Å². The van der Waals surface area contributed by atoms with Crippen LogP contribution in [0, 0.1) is 0 Å². The molecule has 16 heavy (non-hydrogen) atoms. The van der Waals surface area contributed by atoms with Crippen LogP contribution in [-0.2, 0) is 9.59 Å². The summed E-state index contributed by atoms with van der Waals surface area (Å²) in [5.74, 6) is -0.608. The minimum absolute atomic E-state index is 0.123. The van der Waals surface area contributed by atoms with Crippen LogP contribution in [0.5, 0.6) is 0 Å². The van der Waals surface area contributed by atoms with Crippen molar-refractivity contribution in [1.29, 1.82) is 0 Å². The second kappa shape index (κ2) is 9.15. The van der Waals surface area contributed by atoms with Crippen LogP contribution in [0.4, 0.5) is 0 Å². The number of carbonyl (C=O) groups excluding carboxylic acids is 1. The van der Waals surface area contributed by atoms with Crippen molar-refractivity contribution in [3.05, 3.63) is 0 Å². The molecule has 0 bridgehead atoms. The van der Waals surface area contributed by atoms with E-state index >= 15 is 0 Å². The van der Waals surface area contributed by atoms with Crippen molar-refractivity contribution in [2.75, 3.05) is 27.2 Å². The number of nitrogens with one attached hydrogen (secondary N) is 1. The van der Waals surface area contributed by atoms with Crippen LogP contribution in [0.1, 0.15) is 32.1 Å². The number of rotatable bonds is 9. The first-order valence-electron chi connectivity index (χ1n) is 5.66. The van der Waals surface area contributed by atoms with Gasteiger partial charge in [0, 0.05) is 33.5 Å². The predicted molar refractivity (Wildman–Crippen MR) is 62.3 cm³/mol. The normalized spacial score (nSPS) is 10.1. The van der Waals surface area contributed by atoms with E-state index in [1.54, 1.807) is 19.0 Å². The number of unbranched alkanes of at least 4 members (excludes halogenated alkanes) is 2. The van der Waals surface area contributed by atoms with Gasteiger partial charge in [-0.3, -0.25) is 9.59 Å². The van der Waals surface area contributed by atoms with Gasteiger partial charge in [0.25, 0.3) is 0 Å². The summed E-state index contributed by atoms with van der Waals surface area (Å²) in [4.78, 5) is 23.0. The molecule has 0 unspecified atom stereocenters. The van der Waals surface area contributed by atoms with Gasteiger partial charge in [0.15, 0.2) is 0 Å². The van der Waals surface area contributed by atoms with Crippen LogP contribution in [0.15, 0.2) is 0 Å². The summed E-state index contributed by atoms with van der Waals surface area (Å²) >= 11 is 0. The summed E-state index contributed by atoms with van der Waals surface area (Å²) in [7, 11) is 3.49. The Balaban J connectivity index is 3.16. The maximum absolute atomic E-state index is 11.2. The summed E-state index contributed by atoms with van der Waals surface area (Å²) < 4.78 is 0. The summed E-state index contributed by atoms with van der Waals surface area (Å²) in [6.07, 6.45) is 3.37. The number of carbonyl (C=O) groups is 2. The van der Waals surface area contributed by atoms with E-state index in [4.69, 9.17) is 5.11 Å². The summed E-state index contributed by atoms with van der Waals surface area (Å²) in [5, 5.41) is 11.6. The van der Waals surface area contributed by atoms with Gasteiger partial charge < -0.3 is 15.3 Å². The lowest BCUT2D eigenvalue weighted by Crippen LogP contribution is -2.27. The van der Waals surface area contributed by atoms with Crippen LogP contribution >= 0.6 is 0 Å². The summed E-state index contributed by atoms with van der Waals surface area (Å²) in [6, 6.07) is 0. The van der Waals surface area contributed by atoms with E-state index in [1.165, 1.54) is 0 Å². The lowest BCUT2D eigenvalue weighted by molar-refractivity contribution is -0.137. The second-order valence-corrected chi connectivity index (χ2v) is 3.99. The molecule has 0 aliphatic carbocycles. The smallest absolute Gasteiger partial charge is 0.303 e. The molecule has 0 saturated heterocycles. The van der Waals surface area contributed by atoms with Crippen molar-refractivity contribution in [2.45, 2.75) is 32.1 Å². The van der Waals surface area contributed by atoms with Crippen molar-refractivity contribution in [2.24, 2.45) is 0 Å². The molecule has 0 atom stereocenters. The molecule has 0 radical (unpaired) electrons. The van der Waals surface area contributed by atoms with E-state index < -0.39 is 5.97 Å². The minimum atomic E-state index is -0.732. The Kier molecular flexibility index (Phi) is 8.52. The Hall–Kier alpha value is -1.10. The third kappa shape index (κ3) is 9.45. The molecule has 0 spiro atoms.